The van der Waals surface area contributed by atoms with Crippen molar-refractivity contribution in [1.82, 2.24) is 5.32 Å². The van der Waals surface area contributed by atoms with Crippen molar-refractivity contribution in [2.75, 3.05) is 31.6 Å². The molecule has 1 fully saturated rings. The lowest BCUT2D eigenvalue weighted by Gasteiger charge is -2.29. The summed E-state index contributed by atoms with van der Waals surface area (Å²) in [6.07, 6.45) is 8.22. The van der Waals surface area contributed by atoms with Crippen LogP contribution in [0.1, 0.15) is 38.3 Å². The third kappa shape index (κ3) is 3.92. The molecule has 1 aliphatic carbocycles. The molecule has 1 aromatic rings. The summed E-state index contributed by atoms with van der Waals surface area (Å²) in [7, 11) is 1.73. The molecule has 0 amide bonds. The fourth-order valence-corrected chi connectivity index (χ4v) is 2.80. The highest BCUT2D eigenvalue weighted by atomic mass is 16.5. The second-order valence-corrected chi connectivity index (χ2v) is 5.70. The van der Waals surface area contributed by atoms with Gasteiger partial charge in [-0.1, -0.05) is 18.9 Å². The van der Waals surface area contributed by atoms with E-state index >= 15 is 0 Å². The van der Waals surface area contributed by atoms with Crippen LogP contribution in [0.25, 0.3) is 0 Å². The number of nitrogens with one attached hydrogen (secondary N) is 1. The molecule has 0 heterocycles. The van der Waals surface area contributed by atoms with E-state index in [-0.39, 0.29) is 6.04 Å². The molecule has 1 saturated carbocycles. The lowest BCUT2D eigenvalue weighted by Crippen LogP contribution is -2.29. The van der Waals surface area contributed by atoms with Crippen LogP contribution in [0.15, 0.2) is 18.2 Å². The first-order chi connectivity index (χ1) is 10.2. The number of benzene rings is 1. The van der Waals surface area contributed by atoms with E-state index in [2.05, 4.69) is 36.1 Å². The minimum atomic E-state index is 0.237. The quantitative estimate of drug-likeness (QED) is 0.743. The summed E-state index contributed by atoms with van der Waals surface area (Å²) in [5, 5.41) is 3.48. The Morgan fingerprint density at radius 2 is 2.24 bits per heavy atom. The molecule has 0 radical (unpaired) electrons. The zero-order chi connectivity index (χ0) is 15.2. The largest absolute Gasteiger partial charge is 0.496 e. The van der Waals surface area contributed by atoms with Crippen molar-refractivity contribution in [3.8, 4) is 18.1 Å². The van der Waals surface area contributed by atoms with Gasteiger partial charge in [0.1, 0.15) is 5.75 Å². The molecule has 3 heteroatoms. The summed E-state index contributed by atoms with van der Waals surface area (Å²) in [6.45, 7) is 6.92. The fraction of sp³-hybridized carbons (Fsp3) is 0.556. The number of ether oxygens (including phenoxy) is 1. The minimum absolute atomic E-state index is 0.237. The van der Waals surface area contributed by atoms with Crippen molar-refractivity contribution in [2.45, 2.75) is 32.7 Å². The van der Waals surface area contributed by atoms with E-state index in [4.69, 9.17) is 11.2 Å². The number of anilines is 1. The molecule has 1 unspecified atom stereocenters. The lowest BCUT2D eigenvalue weighted by molar-refractivity contribution is 0.402. The summed E-state index contributed by atoms with van der Waals surface area (Å²) >= 11 is 0. The van der Waals surface area contributed by atoms with Crippen molar-refractivity contribution in [2.24, 2.45) is 5.92 Å². The van der Waals surface area contributed by atoms with Gasteiger partial charge in [0.2, 0.25) is 0 Å². The SMILES string of the molecule is C#CCN(CC1CC1)c1cccc(OC)c1C(C)NCC. The summed E-state index contributed by atoms with van der Waals surface area (Å²) < 4.78 is 5.58. The Morgan fingerprint density at radius 1 is 1.48 bits per heavy atom. The van der Waals surface area contributed by atoms with Crippen LogP contribution in [-0.4, -0.2) is 26.7 Å². The molecule has 1 N–H and O–H groups in total. The average molecular weight is 286 g/mol. The number of terminal acetylenes is 1. The van der Waals surface area contributed by atoms with Crippen LogP contribution in [0, 0.1) is 18.3 Å². The highest BCUT2D eigenvalue weighted by Crippen LogP contribution is 2.37. The Morgan fingerprint density at radius 3 is 2.81 bits per heavy atom. The summed E-state index contributed by atoms with van der Waals surface area (Å²) in [4.78, 5) is 2.32. The molecule has 21 heavy (non-hydrogen) atoms. The van der Waals surface area contributed by atoms with Crippen LogP contribution in [0.4, 0.5) is 5.69 Å². The van der Waals surface area contributed by atoms with Crippen LogP contribution >= 0.6 is 0 Å². The molecule has 0 saturated heterocycles. The monoisotopic (exact) mass is 286 g/mol. The summed E-state index contributed by atoms with van der Waals surface area (Å²) in [5.74, 6) is 4.53. The lowest BCUT2D eigenvalue weighted by atomic mass is 10.0. The Labute approximate surface area is 128 Å². The van der Waals surface area contributed by atoms with Crippen LogP contribution in [0.5, 0.6) is 5.75 Å². The Kier molecular flexibility index (Phi) is 5.52. The molecule has 0 aromatic heterocycles. The number of hydrogen-bond donors (Lipinski definition) is 1. The van der Waals surface area contributed by atoms with Gasteiger partial charge >= 0.3 is 0 Å². The smallest absolute Gasteiger partial charge is 0.125 e. The summed E-state index contributed by atoms with van der Waals surface area (Å²) in [6, 6.07) is 6.47. The summed E-state index contributed by atoms with van der Waals surface area (Å²) in [5.41, 5.74) is 2.41. The second kappa shape index (κ2) is 7.38. The topological polar surface area (TPSA) is 24.5 Å². The molecular formula is C18H26N2O. The van der Waals surface area contributed by atoms with Gasteiger partial charge in [-0.3, -0.25) is 0 Å². The molecular weight excluding hydrogens is 260 g/mol. The molecule has 1 aliphatic rings. The van der Waals surface area contributed by atoms with Crippen molar-refractivity contribution in [1.29, 1.82) is 0 Å². The average Bonchev–Trinajstić information content (AvgIpc) is 3.30. The maximum absolute atomic E-state index is 5.58. The fourth-order valence-electron chi connectivity index (χ4n) is 2.80. The maximum atomic E-state index is 5.58. The molecule has 2 rings (SSSR count). The van der Waals surface area contributed by atoms with E-state index in [1.54, 1.807) is 7.11 Å². The second-order valence-electron chi connectivity index (χ2n) is 5.70. The van der Waals surface area contributed by atoms with E-state index in [9.17, 15) is 0 Å². The van der Waals surface area contributed by atoms with E-state index in [1.807, 2.05) is 12.1 Å². The van der Waals surface area contributed by atoms with E-state index in [0.29, 0.717) is 6.54 Å². The third-order valence-corrected chi connectivity index (χ3v) is 4.00. The normalized spacial score (nSPS) is 15.3. The van der Waals surface area contributed by atoms with Crippen molar-refractivity contribution >= 4 is 5.69 Å². The Hall–Kier alpha value is -1.66. The van der Waals surface area contributed by atoms with Gasteiger partial charge in [-0.2, -0.15) is 0 Å². The van der Waals surface area contributed by atoms with E-state index in [1.165, 1.54) is 24.1 Å². The predicted octanol–water partition coefficient (Wildman–Crippen LogP) is 3.22. The Bertz CT molecular complexity index is 502. The zero-order valence-corrected chi connectivity index (χ0v) is 13.4. The van der Waals surface area contributed by atoms with Crippen molar-refractivity contribution in [3.05, 3.63) is 23.8 Å². The number of nitrogens with zero attached hydrogens (tertiary/aromatic N) is 1. The maximum Gasteiger partial charge on any atom is 0.125 e. The molecule has 0 bridgehead atoms. The highest BCUT2D eigenvalue weighted by molar-refractivity contribution is 5.61. The van der Waals surface area contributed by atoms with Crippen LogP contribution < -0.4 is 15.0 Å². The van der Waals surface area contributed by atoms with Gasteiger partial charge in [-0.25, -0.2) is 0 Å². The van der Waals surface area contributed by atoms with Crippen molar-refractivity contribution < 1.29 is 4.74 Å². The molecule has 1 aromatic carbocycles. The zero-order valence-electron chi connectivity index (χ0n) is 13.4. The third-order valence-electron chi connectivity index (χ3n) is 4.00. The van der Waals surface area contributed by atoms with Gasteiger partial charge in [-0.15, -0.1) is 6.42 Å². The van der Waals surface area contributed by atoms with Gasteiger partial charge in [0, 0.05) is 23.8 Å². The highest BCUT2D eigenvalue weighted by Gasteiger charge is 2.26. The number of methoxy groups -OCH3 is 1. The molecule has 1 atom stereocenters. The van der Waals surface area contributed by atoms with Gasteiger partial charge in [0.05, 0.1) is 13.7 Å². The van der Waals surface area contributed by atoms with Gasteiger partial charge in [-0.05, 0) is 44.4 Å². The number of rotatable bonds is 8. The van der Waals surface area contributed by atoms with Gasteiger partial charge in [0.25, 0.3) is 0 Å². The molecule has 0 spiro atoms. The van der Waals surface area contributed by atoms with Crippen LogP contribution in [0.3, 0.4) is 0 Å². The molecule has 3 nitrogen and oxygen atoms in total. The Balaban J connectivity index is 2.36. The molecule has 114 valence electrons. The first kappa shape index (κ1) is 15.7. The van der Waals surface area contributed by atoms with Crippen LogP contribution in [0.2, 0.25) is 0 Å². The van der Waals surface area contributed by atoms with Crippen LogP contribution in [-0.2, 0) is 0 Å². The van der Waals surface area contributed by atoms with E-state index in [0.717, 1.165) is 24.8 Å². The molecule has 0 aliphatic heterocycles. The minimum Gasteiger partial charge on any atom is -0.496 e. The first-order valence-electron chi connectivity index (χ1n) is 7.79. The predicted molar refractivity (Wildman–Crippen MR) is 88.9 cm³/mol. The van der Waals surface area contributed by atoms with Crippen molar-refractivity contribution in [3.63, 3.8) is 0 Å². The first-order valence-corrected chi connectivity index (χ1v) is 7.79. The van der Waals surface area contributed by atoms with Gasteiger partial charge < -0.3 is 15.0 Å². The van der Waals surface area contributed by atoms with E-state index < -0.39 is 0 Å². The number of hydrogen-bond acceptors (Lipinski definition) is 3. The standard InChI is InChI=1S/C18H26N2O/c1-5-12-20(13-15-10-11-15)16-8-7-9-17(21-4)18(16)14(3)19-6-2/h1,7-9,14-15,19H,6,10-13H2,2-4H3. The van der Waals surface area contributed by atoms with Gasteiger partial charge in [0.15, 0.2) is 0 Å².